The molecule has 0 spiro atoms. The molecule has 0 saturated heterocycles. The molecule has 0 bridgehead atoms. The lowest BCUT2D eigenvalue weighted by atomic mass is 10.2. The maximum atomic E-state index is 5.59. The van der Waals surface area contributed by atoms with Gasteiger partial charge in [0.05, 0.1) is 0 Å². The smallest absolute Gasteiger partial charge is 0.153 e. The van der Waals surface area contributed by atoms with Gasteiger partial charge in [-0.05, 0) is 24.3 Å². The Morgan fingerprint density at radius 2 is 1.32 bits per heavy atom. The summed E-state index contributed by atoms with van der Waals surface area (Å²) < 4.78 is 5.59. The van der Waals surface area contributed by atoms with Crippen LogP contribution in [0.5, 0.6) is 0 Å². The van der Waals surface area contributed by atoms with E-state index in [0.717, 1.165) is 22.1 Å². The monoisotopic (exact) mass is 259 g/mol. The first-order chi connectivity index (χ1) is 9.45. The summed E-state index contributed by atoms with van der Waals surface area (Å²) in [4.78, 5) is 4.28. The highest BCUT2D eigenvalue weighted by molar-refractivity contribution is 6.01. The molecule has 104 valence electrons. The lowest BCUT2D eigenvalue weighted by Gasteiger charge is -1.84. The van der Waals surface area contributed by atoms with Gasteiger partial charge in [0.1, 0.15) is 11.1 Å². The molecule has 0 N–H and O–H groups in total. The van der Waals surface area contributed by atoms with Crippen molar-refractivity contribution in [2.45, 2.75) is 41.5 Å². The Bertz CT molecular complexity index is 519. The molecule has 0 unspecified atom stereocenters. The number of hydrogen-bond acceptors (Lipinski definition) is 2. The molecule has 0 aliphatic heterocycles. The van der Waals surface area contributed by atoms with Crippen LogP contribution in [-0.4, -0.2) is 4.98 Å². The number of furan rings is 1. The minimum atomic E-state index is 0.851. The molecule has 0 saturated carbocycles. The molecule has 0 atom stereocenters. The third kappa shape index (κ3) is 4.09. The SMILES string of the molecule is CC.CC.CC.c1ccc2c(c1)oc1cccnc12. The fraction of sp³-hybridized carbons (Fsp3) is 0.353. The van der Waals surface area contributed by atoms with Crippen molar-refractivity contribution in [2.24, 2.45) is 0 Å². The van der Waals surface area contributed by atoms with Crippen molar-refractivity contribution < 1.29 is 4.42 Å². The molecule has 2 heterocycles. The van der Waals surface area contributed by atoms with Crippen molar-refractivity contribution >= 4 is 22.1 Å². The van der Waals surface area contributed by atoms with Crippen LogP contribution in [0.3, 0.4) is 0 Å². The van der Waals surface area contributed by atoms with E-state index in [0.29, 0.717) is 0 Å². The number of pyridine rings is 1. The van der Waals surface area contributed by atoms with Crippen LogP contribution < -0.4 is 0 Å². The van der Waals surface area contributed by atoms with Gasteiger partial charge in [0.15, 0.2) is 5.58 Å². The normalized spacial score (nSPS) is 8.53. The van der Waals surface area contributed by atoms with Crippen LogP contribution in [0.1, 0.15) is 41.5 Å². The van der Waals surface area contributed by atoms with Crippen LogP contribution in [0, 0.1) is 0 Å². The van der Waals surface area contributed by atoms with Gasteiger partial charge in [0.25, 0.3) is 0 Å². The molecule has 0 aliphatic carbocycles. The average Bonchev–Trinajstić information content (AvgIpc) is 2.92. The Hall–Kier alpha value is -1.83. The van der Waals surface area contributed by atoms with Crippen LogP contribution in [0.15, 0.2) is 47.0 Å². The summed E-state index contributed by atoms with van der Waals surface area (Å²) >= 11 is 0. The van der Waals surface area contributed by atoms with E-state index in [4.69, 9.17) is 4.42 Å². The first-order valence-corrected chi connectivity index (χ1v) is 7.17. The largest absolute Gasteiger partial charge is 0.454 e. The van der Waals surface area contributed by atoms with E-state index in [2.05, 4.69) is 4.98 Å². The van der Waals surface area contributed by atoms with Gasteiger partial charge in [-0.3, -0.25) is 4.98 Å². The lowest BCUT2D eigenvalue weighted by Crippen LogP contribution is -1.70. The third-order valence-electron chi connectivity index (χ3n) is 2.13. The molecule has 3 aromatic rings. The highest BCUT2D eigenvalue weighted by Gasteiger charge is 2.04. The summed E-state index contributed by atoms with van der Waals surface area (Å²) in [6.45, 7) is 12.0. The standard InChI is InChI=1S/C11H7NO.3C2H6/c1-2-5-9-8(4-1)11-10(13-9)6-3-7-12-11;3*1-2/h1-7H;3*1-2H3. The van der Waals surface area contributed by atoms with Crippen molar-refractivity contribution in [3.05, 3.63) is 42.6 Å². The van der Waals surface area contributed by atoms with E-state index in [1.807, 2.05) is 77.9 Å². The van der Waals surface area contributed by atoms with Crippen LogP contribution in [0.4, 0.5) is 0 Å². The molecule has 0 aliphatic rings. The quantitative estimate of drug-likeness (QED) is 0.490. The van der Waals surface area contributed by atoms with E-state index in [1.54, 1.807) is 6.20 Å². The van der Waals surface area contributed by atoms with Crippen LogP contribution in [-0.2, 0) is 0 Å². The molecule has 19 heavy (non-hydrogen) atoms. The molecule has 1 aromatic carbocycles. The second-order valence-corrected chi connectivity index (χ2v) is 2.95. The Morgan fingerprint density at radius 3 is 2.00 bits per heavy atom. The Labute approximate surface area is 116 Å². The fourth-order valence-electron chi connectivity index (χ4n) is 1.54. The first kappa shape index (κ1) is 17.2. The lowest BCUT2D eigenvalue weighted by molar-refractivity contribution is 0.668. The van der Waals surface area contributed by atoms with Gasteiger partial charge in [0, 0.05) is 11.6 Å². The topological polar surface area (TPSA) is 26.0 Å². The minimum Gasteiger partial charge on any atom is -0.454 e. The third-order valence-corrected chi connectivity index (χ3v) is 2.13. The van der Waals surface area contributed by atoms with E-state index in [-0.39, 0.29) is 0 Å². The number of hydrogen-bond donors (Lipinski definition) is 0. The van der Waals surface area contributed by atoms with Gasteiger partial charge in [-0.25, -0.2) is 0 Å². The van der Waals surface area contributed by atoms with E-state index in [9.17, 15) is 0 Å². The van der Waals surface area contributed by atoms with Crippen LogP contribution in [0.2, 0.25) is 0 Å². The average molecular weight is 259 g/mol. The number of benzene rings is 1. The van der Waals surface area contributed by atoms with Gasteiger partial charge in [0.2, 0.25) is 0 Å². The molecule has 0 amide bonds. The molecular weight excluding hydrogens is 234 g/mol. The predicted molar refractivity (Wildman–Crippen MR) is 85.6 cm³/mol. The zero-order valence-electron chi connectivity index (χ0n) is 12.9. The van der Waals surface area contributed by atoms with Gasteiger partial charge < -0.3 is 4.42 Å². The molecule has 2 heteroatoms. The van der Waals surface area contributed by atoms with Gasteiger partial charge in [-0.1, -0.05) is 53.7 Å². The Balaban J connectivity index is 0.000000482. The number of nitrogens with zero attached hydrogens (tertiary/aromatic N) is 1. The summed E-state index contributed by atoms with van der Waals surface area (Å²) in [5, 5.41) is 1.08. The molecule has 2 aromatic heterocycles. The Morgan fingerprint density at radius 1 is 0.737 bits per heavy atom. The number of para-hydroxylation sites is 1. The minimum absolute atomic E-state index is 0.851. The molecule has 3 rings (SSSR count). The number of fused-ring (bicyclic) bond motifs is 3. The predicted octanol–water partition coefficient (Wildman–Crippen LogP) is 6.06. The highest BCUT2D eigenvalue weighted by atomic mass is 16.3. The van der Waals surface area contributed by atoms with Gasteiger partial charge in [-0.15, -0.1) is 0 Å². The maximum Gasteiger partial charge on any atom is 0.153 e. The van der Waals surface area contributed by atoms with Crippen molar-refractivity contribution in [3.63, 3.8) is 0 Å². The summed E-state index contributed by atoms with van der Waals surface area (Å²) in [6.07, 6.45) is 1.78. The molecule has 0 fully saturated rings. The van der Waals surface area contributed by atoms with Crippen LogP contribution >= 0.6 is 0 Å². The molecule has 2 nitrogen and oxygen atoms in total. The van der Waals surface area contributed by atoms with E-state index in [1.165, 1.54) is 0 Å². The van der Waals surface area contributed by atoms with Crippen molar-refractivity contribution in [2.75, 3.05) is 0 Å². The van der Waals surface area contributed by atoms with Gasteiger partial charge >= 0.3 is 0 Å². The highest BCUT2D eigenvalue weighted by Crippen LogP contribution is 2.25. The number of aromatic nitrogens is 1. The Kier molecular flexibility index (Phi) is 9.15. The fourth-order valence-corrected chi connectivity index (χ4v) is 1.54. The summed E-state index contributed by atoms with van der Waals surface area (Å²) in [6, 6.07) is 11.7. The maximum absolute atomic E-state index is 5.59. The van der Waals surface area contributed by atoms with Crippen molar-refractivity contribution in [1.29, 1.82) is 0 Å². The van der Waals surface area contributed by atoms with E-state index < -0.39 is 0 Å². The number of rotatable bonds is 0. The van der Waals surface area contributed by atoms with Gasteiger partial charge in [-0.2, -0.15) is 0 Å². The summed E-state index contributed by atoms with van der Waals surface area (Å²) in [5.41, 5.74) is 2.69. The second kappa shape index (κ2) is 10.1. The van der Waals surface area contributed by atoms with Crippen molar-refractivity contribution in [1.82, 2.24) is 4.98 Å². The molecular formula is C17H25NO. The molecule has 0 radical (unpaired) electrons. The van der Waals surface area contributed by atoms with Crippen LogP contribution in [0.25, 0.3) is 22.1 Å². The summed E-state index contributed by atoms with van der Waals surface area (Å²) in [5.74, 6) is 0. The van der Waals surface area contributed by atoms with Crippen molar-refractivity contribution in [3.8, 4) is 0 Å². The second-order valence-electron chi connectivity index (χ2n) is 2.95. The first-order valence-electron chi connectivity index (χ1n) is 7.17. The van der Waals surface area contributed by atoms with E-state index >= 15 is 0 Å². The zero-order chi connectivity index (χ0) is 14.7. The summed E-state index contributed by atoms with van der Waals surface area (Å²) in [7, 11) is 0. The zero-order valence-corrected chi connectivity index (χ0v) is 12.9.